The van der Waals surface area contributed by atoms with Crippen molar-refractivity contribution in [1.29, 1.82) is 0 Å². The number of benzene rings is 1. The van der Waals surface area contributed by atoms with Gasteiger partial charge in [0.2, 0.25) is 0 Å². The lowest BCUT2D eigenvalue weighted by molar-refractivity contribution is -0.386. The van der Waals surface area contributed by atoms with E-state index in [9.17, 15) is 28.1 Å². The van der Waals surface area contributed by atoms with E-state index >= 15 is 0 Å². The van der Waals surface area contributed by atoms with Crippen LogP contribution in [0.25, 0.3) is 0 Å². The largest absolute Gasteiger partial charge is 0.416 e. The summed E-state index contributed by atoms with van der Waals surface area (Å²) in [6.07, 6.45) is -4.49. The van der Waals surface area contributed by atoms with Crippen molar-refractivity contribution in [3.63, 3.8) is 0 Å². The molecular formula is C17H15F3N6O4. The Morgan fingerprint density at radius 3 is 2.70 bits per heavy atom. The van der Waals surface area contributed by atoms with Crippen LogP contribution in [0.5, 0.6) is 0 Å². The highest BCUT2D eigenvalue weighted by Gasteiger charge is 2.30. The van der Waals surface area contributed by atoms with Crippen molar-refractivity contribution in [2.24, 2.45) is 0 Å². The fourth-order valence-electron chi connectivity index (χ4n) is 2.77. The molecule has 0 radical (unpaired) electrons. The third-order valence-electron chi connectivity index (χ3n) is 4.19. The molecule has 0 saturated heterocycles. The molecule has 3 aromatic rings. The van der Waals surface area contributed by atoms with E-state index < -0.39 is 28.5 Å². The number of rotatable bonds is 6. The van der Waals surface area contributed by atoms with Crippen LogP contribution >= 0.6 is 0 Å². The average Bonchev–Trinajstić information content (AvgIpc) is 3.24. The quantitative estimate of drug-likeness (QED) is 0.476. The van der Waals surface area contributed by atoms with Crippen LogP contribution in [0.4, 0.5) is 18.9 Å². The third-order valence-corrected chi connectivity index (χ3v) is 4.19. The molecule has 1 amide bonds. The Balaban J connectivity index is 1.66. The second-order valence-electron chi connectivity index (χ2n) is 6.33. The number of halogens is 3. The summed E-state index contributed by atoms with van der Waals surface area (Å²) in [5.74, 6) is -1.11. The van der Waals surface area contributed by atoms with Gasteiger partial charge in [-0.05, 0) is 31.5 Å². The maximum atomic E-state index is 12.7. The first kappa shape index (κ1) is 21.0. The van der Waals surface area contributed by atoms with Gasteiger partial charge >= 0.3 is 23.7 Å². The SMILES string of the molecule is Cc1nn(Cc2noc(C(=O)NCc3cccc(C(F)(F)F)c3)n2)c(C)c1[N+](=O)[O-]. The van der Waals surface area contributed by atoms with Crippen molar-refractivity contribution in [3.05, 3.63) is 68.6 Å². The summed E-state index contributed by atoms with van der Waals surface area (Å²) in [6, 6.07) is 4.53. The van der Waals surface area contributed by atoms with Crippen LogP contribution in [-0.4, -0.2) is 30.8 Å². The van der Waals surface area contributed by atoms with E-state index in [0.717, 1.165) is 12.1 Å². The molecule has 0 aliphatic rings. The molecule has 2 aromatic heterocycles. The van der Waals surface area contributed by atoms with Crippen LogP contribution < -0.4 is 5.32 Å². The van der Waals surface area contributed by atoms with Gasteiger partial charge in [-0.25, -0.2) is 0 Å². The maximum absolute atomic E-state index is 12.7. The minimum absolute atomic E-state index is 0.0553. The maximum Gasteiger partial charge on any atom is 0.416 e. The van der Waals surface area contributed by atoms with Crippen molar-refractivity contribution >= 4 is 11.6 Å². The van der Waals surface area contributed by atoms with E-state index in [2.05, 4.69) is 20.6 Å². The normalized spacial score (nSPS) is 11.5. The molecule has 2 heterocycles. The third kappa shape index (κ3) is 4.45. The minimum Gasteiger partial charge on any atom is -0.344 e. The van der Waals surface area contributed by atoms with Gasteiger partial charge in [-0.3, -0.25) is 19.6 Å². The molecule has 158 valence electrons. The van der Waals surface area contributed by atoms with Gasteiger partial charge in [0, 0.05) is 6.54 Å². The summed E-state index contributed by atoms with van der Waals surface area (Å²) in [6.45, 7) is 2.76. The van der Waals surface area contributed by atoms with Crippen LogP contribution in [-0.2, 0) is 19.3 Å². The fraction of sp³-hybridized carbons (Fsp3) is 0.294. The number of nitrogens with zero attached hydrogens (tertiary/aromatic N) is 5. The number of aromatic nitrogens is 4. The van der Waals surface area contributed by atoms with Gasteiger partial charge in [-0.1, -0.05) is 17.3 Å². The van der Waals surface area contributed by atoms with Crippen LogP contribution in [0.1, 0.15) is 39.0 Å². The molecule has 30 heavy (non-hydrogen) atoms. The van der Waals surface area contributed by atoms with Crippen molar-refractivity contribution in [1.82, 2.24) is 25.2 Å². The van der Waals surface area contributed by atoms with Crippen LogP contribution in [0.15, 0.2) is 28.8 Å². The highest BCUT2D eigenvalue weighted by atomic mass is 19.4. The summed E-state index contributed by atoms with van der Waals surface area (Å²) in [7, 11) is 0. The molecule has 0 aliphatic heterocycles. The van der Waals surface area contributed by atoms with E-state index in [0.29, 0.717) is 0 Å². The molecule has 0 atom stereocenters. The Morgan fingerprint density at radius 1 is 1.33 bits per heavy atom. The number of nitrogens with one attached hydrogen (secondary N) is 1. The van der Waals surface area contributed by atoms with Gasteiger partial charge in [0.1, 0.15) is 17.9 Å². The lowest BCUT2D eigenvalue weighted by atomic mass is 10.1. The highest BCUT2D eigenvalue weighted by molar-refractivity contribution is 5.89. The number of hydrogen-bond donors (Lipinski definition) is 1. The van der Waals surface area contributed by atoms with Crippen molar-refractivity contribution in [2.45, 2.75) is 33.1 Å². The van der Waals surface area contributed by atoms with Gasteiger partial charge in [-0.15, -0.1) is 0 Å². The lowest BCUT2D eigenvalue weighted by Gasteiger charge is -2.08. The second-order valence-corrected chi connectivity index (χ2v) is 6.33. The van der Waals surface area contributed by atoms with E-state index in [1.54, 1.807) is 0 Å². The predicted molar refractivity (Wildman–Crippen MR) is 94.4 cm³/mol. The number of carbonyl (C=O) groups excluding carboxylic acids is 1. The summed E-state index contributed by atoms with van der Waals surface area (Å²) in [5.41, 5.74) is -0.198. The van der Waals surface area contributed by atoms with Crippen LogP contribution in [0.3, 0.4) is 0 Å². The smallest absolute Gasteiger partial charge is 0.344 e. The standard InChI is InChI=1S/C17H15F3N6O4/c1-9-14(26(28)29)10(2)25(23-9)8-13-22-16(30-24-13)15(27)21-7-11-4-3-5-12(6-11)17(18,19)20/h3-6H,7-8H2,1-2H3,(H,21,27). The molecule has 13 heteroatoms. The monoisotopic (exact) mass is 424 g/mol. The summed E-state index contributed by atoms with van der Waals surface area (Å²) in [4.78, 5) is 26.5. The molecule has 3 rings (SSSR count). The number of carbonyl (C=O) groups is 1. The molecule has 10 nitrogen and oxygen atoms in total. The summed E-state index contributed by atoms with van der Waals surface area (Å²) >= 11 is 0. The van der Waals surface area contributed by atoms with Crippen molar-refractivity contribution < 1.29 is 27.4 Å². The second kappa shape index (κ2) is 7.93. The first-order valence-electron chi connectivity index (χ1n) is 8.51. The van der Waals surface area contributed by atoms with Gasteiger partial charge in [0.25, 0.3) is 0 Å². The van der Waals surface area contributed by atoms with Crippen LogP contribution in [0, 0.1) is 24.0 Å². The minimum atomic E-state index is -4.49. The Kier molecular flexibility index (Phi) is 5.54. The number of hydrogen-bond acceptors (Lipinski definition) is 7. The zero-order valence-corrected chi connectivity index (χ0v) is 15.7. The number of alkyl halides is 3. The molecular weight excluding hydrogens is 409 g/mol. The van der Waals surface area contributed by atoms with Crippen molar-refractivity contribution in [2.75, 3.05) is 0 Å². The topological polar surface area (TPSA) is 129 Å². The van der Waals surface area contributed by atoms with Crippen molar-refractivity contribution in [3.8, 4) is 0 Å². The molecule has 0 spiro atoms. The lowest BCUT2D eigenvalue weighted by Crippen LogP contribution is -2.23. The molecule has 1 aromatic carbocycles. The molecule has 1 N–H and O–H groups in total. The van der Waals surface area contributed by atoms with Gasteiger partial charge < -0.3 is 9.84 Å². The Hall–Kier alpha value is -3.77. The predicted octanol–water partition coefficient (Wildman–Crippen LogP) is 2.79. The van der Waals surface area contributed by atoms with E-state index in [-0.39, 0.29) is 41.6 Å². The van der Waals surface area contributed by atoms with E-state index in [1.165, 1.54) is 30.7 Å². The molecule has 0 aliphatic carbocycles. The molecule has 0 bridgehead atoms. The van der Waals surface area contributed by atoms with Crippen LogP contribution in [0.2, 0.25) is 0 Å². The fourth-order valence-corrected chi connectivity index (χ4v) is 2.77. The Labute approximate surface area is 166 Å². The molecule has 0 saturated carbocycles. The van der Waals surface area contributed by atoms with Gasteiger partial charge in [0.15, 0.2) is 5.82 Å². The summed E-state index contributed by atoms with van der Waals surface area (Å²) < 4.78 is 44.4. The first-order chi connectivity index (χ1) is 14.1. The number of nitro groups is 1. The molecule has 0 unspecified atom stereocenters. The van der Waals surface area contributed by atoms with Gasteiger partial charge in [0.05, 0.1) is 10.5 Å². The van der Waals surface area contributed by atoms with Gasteiger partial charge in [-0.2, -0.15) is 23.3 Å². The average molecular weight is 424 g/mol. The van der Waals surface area contributed by atoms with E-state index in [4.69, 9.17) is 4.52 Å². The van der Waals surface area contributed by atoms with E-state index in [1.807, 2.05) is 0 Å². The first-order valence-corrected chi connectivity index (χ1v) is 8.51. The summed E-state index contributed by atoms with van der Waals surface area (Å²) in [5, 5.41) is 21.1. The number of aryl methyl sites for hydroxylation is 1. The zero-order chi connectivity index (χ0) is 22.1. The molecule has 0 fully saturated rings. The number of amides is 1. The zero-order valence-electron chi connectivity index (χ0n) is 15.7. The Morgan fingerprint density at radius 2 is 2.07 bits per heavy atom. The Bertz CT molecular complexity index is 1110. The highest BCUT2D eigenvalue weighted by Crippen LogP contribution is 2.29.